The van der Waals surface area contributed by atoms with Crippen molar-refractivity contribution in [3.63, 3.8) is 0 Å². The predicted molar refractivity (Wildman–Crippen MR) is 140 cm³/mol. The van der Waals surface area contributed by atoms with Gasteiger partial charge in [-0.15, -0.1) is 0 Å². The fourth-order valence-corrected chi connectivity index (χ4v) is 4.29. The summed E-state index contributed by atoms with van der Waals surface area (Å²) in [4.78, 5) is 38.3. The molecule has 4 amide bonds. The summed E-state index contributed by atoms with van der Waals surface area (Å²) in [6, 6.07) is 13.8. The number of halogens is 3. The molecule has 3 aromatic carbocycles. The number of nitrogens with one attached hydrogen (secondary N) is 2. The molecular weight excluding hydrogens is 599 g/mol. The van der Waals surface area contributed by atoms with Gasteiger partial charge in [-0.2, -0.15) is 0 Å². The van der Waals surface area contributed by atoms with Crippen LogP contribution in [0.5, 0.6) is 11.5 Å². The van der Waals surface area contributed by atoms with E-state index in [9.17, 15) is 23.2 Å². The lowest BCUT2D eigenvalue weighted by molar-refractivity contribution is -0.123. The SMILES string of the molecule is COc1cc(/C=C2/NC(=O)N(Cc3ccccc3F)C2=O)cc(I)c1OCC(=O)Nc1ccc(F)cc1. The highest BCUT2D eigenvalue weighted by Crippen LogP contribution is 2.35. The summed E-state index contributed by atoms with van der Waals surface area (Å²) >= 11 is 2.00. The maximum Gasteiger partial charge on any atom is 0.329 e. The number of hydrogen-bond donors (Lipinski definition) is 2. The minimum atomic E-state index is -0.659. The zero-order valence-electron chi connectivity index (χ0n) is 19.4. The smallest absolute Gasteiger partial charge is 0.329 e. The van der Waals surface area contributed by atoms with Gasteiger partial charge in [0.15, 0.2) is 18.1 Å². The first-order valence-electron chi connectivity index (χ1n) is 10.9. The quantitative estimate of drug-likeness (QED) is 0.217. The molecule has 0 unspecified atom stereocenters. The molecule has 4 rings (SSSR count). The normalized spacial score (nSPS) is 14.1. The van der Waals surface area contributed by atoms with E-state index in [2.05, 4.69) is 10.6 Å². The van der Waals surface area contributed by atoms with Crippen molar-refractivity contribution in [2.24, 2.45) is 0 Å². The topological polar surface area (TPSA) is 97.0 Å². The molecule has 190 valence electrons. The molecule has 0 spiro atoms. The number of nitrogens with zero attached hydrogens (tertiary/aromatic N) is 1. The molecule has 11 heteroatoms. The number of rotatable bonds is 8. The van der Waals surface area contributed by atoms with E-state index < -0.39 is 29.5 Å². The molecule has 3 aromatic rings. The van der Waals surface area contributed by atoms with E-state index in [0.717, 1.165) is 4.90 Å². The van der Waals surface area contributed by atoms with E-state index >= 15 is 0 Å². The largest absolute Gasteiger partial charge is 0.493 e. The second-order valence-corrected chi connectivity index (χ2v) is 9.01. The third-order valence-corrected chi connectivity index (χ3v) is 6.09. The number of methoxy groups -OCH3 is 1. The van der Waals surface area contributed by atoms with Crippen molar-refractivity contribution in [1.29, 1.82) is 0 Å². The minimum absolute atomic E-state index is 0.0199. The van der Waals surface area contributed by atoms with Crippen LogP contribution in [0.25, 0.3) is 6.08 Å². The van der Waals surface area contributed by atoms with E-state index in [-0.39, 0.29) is 24.4 Å². The molecule has 0 aromatic heterocycles. The van der Waals surface area contributed by atoms with E-state index in [1.165, 1.54) is 55.7 Å². The first-order valence-corrected chi connectivity index (χ1v) is 12.0. The zero-order valence-corrected chi connectivity index (χ0v) is 21.5. The van der Waals surface area contributed by atoms with E-state index in [1.807, 2.05) is 22.6 Å². The lowest BCUT2D eigenvalue weighted by atomic mass is 10.1. The predicted octanol–water partition coefficient (Wildman–Crippen LogP) is 4.69. The average Bonchev–Trinajstić information content (AvgIpc) is 3.13. The summed E-state index contributed by atoms with van der Waals surface area (Å²) in [7, 11) is 1.42. The molecule has 1 heterocycles. The lowest BCUT2D eigenvalue weighted by Crippen LogP contribution is -2.30. The molecule has 1 fully saturated rings. The van der Waals surface area contributed by atoms with Gasteiger partial charge in [0.2, 0.25) is 0 Å². The Morgan fingerprint density at radius 1 is 1.11 bits per heavy atom. The molecule has 0 atom stereocenters. The van der Waals surface area contributed by atoms with Crippen molar-refractivity contribution in [3.8, 4) is 11.5 Å². The van der Waals surface area contributed by atoms with Gasteiger partial charge in [0.1, 0.15) is 17.3 Å². The van der Waals surface area contributed by atoms with Gasteiger partial charge in [-0.1, -0.05) is 18.2 Å². The molecule has 8 nitrogen and oxygen atoms in total. The number of ether oxygens (including phenoxy) is 2. The Morgan fingerprint density at radius 2 is 1.84 bits per heavy atom. The number of carbonyl (C=O) groups excluding carboxylic acids is 3. The molecule has 1 saturated heterocycles. The maximum atomic E-state index is 14.0. The zero-order chi connectivity index (χ0) is 26.5. The van der Waals surface area contributed by atoms with Crippen molar-refractivity contribution in [3.05, 3.63) is 92.7 Å². The van der Waals surface area contributed by atoms with Crippen molar-refractivity contribution >= 4 is 52.2 Å². The van der Waals surface area contributed by atoms with Gasteiger partial charge < -0.3 is 20.1 Å². The summed E-state index contributed by atoms with van der Waals surface area (Å²) in [5.74, 6) is -1.37. The van der Waals surface area contributed by atoms with E-state index in [1.54, 1.807) is 18.2 Å². The third-order valence-electron chi connectivity index (χ3n) is 5.29. The number of carbonyl (C=O) groups is 3. The van der Waals surface area contributed by atoms with Gasteiger partial charge in [-0.05, 0) is 76.7 Å². The van der Waals surface area contributed by atoms with Crippen LogP contribution in [-0.4, -0.2) is 36.5 Å². The molecule has 0 aliphatic carbocycles. The number of amides is 4. The van der Waals surface area contributed by atoms with E-state index in [0.29, 0.717) is 26.3 Å². The highest BCUT2D eigenvalue weighted by molar-refractivity contribution is 14.1. The average molecular weight is 619 g/mol. The van der Waals surface area contributed by atoms with Crippen LogP contribution >= 0.6 is 22.6 Å². The molecular formula is C26H20F2IN3O5. The second-order valence-electron chi connectivity index (χ2n) is 7.85. The molecule has 1 aliphatic heterocycles. The van der Waals surface area contributed by atoms with Gasteiger partial charge in [0.05, 0.1) is 17.2 Å². The van der Waals surface area contributed by atoms with Gasteiger partial charge in [0.25, 0.3) is 11.8 Å². The third kappa shape index (κ3) is 6.23. The van der Waals surface area contributed by atoms with Crippen molar-refractivity contribution < 1.29 is 32.6 Å². The maximum absolute atomic E-state index is 14.0. The summed E-state index contributed by atoms with van der Waals surface area (Å²) in [5, 5.41) is 5.11. The van der Waals surface area contributed by atoms with Crippen molar-refractivity contribution in [1.82, 2.24) is 10.2 Å². The first kappa shape index (κ1) is 26.1. The second kappa shape index (κ2) is 11.4. The standard InChI is InChI=1S/C26H20F2IN3O5/c1-36-22-12-15(10-20(29)24(22)37-14-23(33)30-18-8-6-17(27)7-9-18)11-21-25(34)32(26(35)31-21)13-16-4-2-3-5-19(16)28/h2-12H,13-14H2,1H3,(H,30,33)(H,31,35)/b21-11+. The van der Waals surface area contributed by atoms with Gasteiger partial charge >= 0.3 is 6.03 Å². The van der Waals surface area contributed by atoms with Crippen LogP contribution in [0, 0.1) is 15.2 Å². The van der Waals surface area contributed by atoms with Crippen LogP contribution in [0.1, 0.15) is 11.1 Å². The Labute approximate surface area is 224 Å². The van der Waals surface area contributed by atoms with Crippen LogP contribution in [0.4, 0.5) is 19.3 Å². The summed E-state index contributed by atoms with van der Waals surface area (Å²) in [5.41, 5.74) is 1.19. The number of urea groups is 1. The number of imide groups is 1. The van der Waals surface area contributed by atoms with Crippen LogP contribution in [0.15, 0.2) is 66.4 Å². The molecule has 37 heavy (non-hydrogen) atoms. The van der Waals surface area contributed by atoms with Crippen LogP contribution in [0.3, 0.4) is 0 Å². The summed E-state index contributed by atoms with van der Waals surface area (Å²) in [6.45, 7) is -0.536. The van der Waals surface area contributed by atoms with Crippen LogP contribution in [0.2, 0.25) is 0 Å². The Kier molecular flexibility index (Phi) is 8.01. The molecule has 0 radical (unpaired) electrons. The van der Waals surface area contributed by atoms with Crippen molar-refractivity contribution in [2.75, 3.05) is 19.0 Å². The van der Waals surface area contributed by atoms with Gasteiger partial charge in [0, 0.05) is 11.3 Å². The summed E-state index contributed by atoms with van der Waals surface area (Å²) < 4.78 is 38.7. The van der Waals surface area contributed by atoms with Crippen LogP contribution in [-0.2, 0) is 16.1 Å². The Morgan fingerprint density at radius 3 is 2.54 bits per heavy atom. The van der Waals surface area contributed by atoms with Gasteiger partial charge in [-0.3, -0.25) is 14.5 Å². The Bertz CT molecular complexity index is 1400. The summed E-state index contributed by atoms with van der Waals surface area (Å²) in [6.07, 6.45) is 1.47. The van der Waals surface area contributed by atoms with Crippen LogP contribution < -0.4 is 20.1 Å². The molecule has 0 bridgehead atoms. The first-order chi connectivity index (χ1) is 17.7. The fraction of sp³-hybridized carbons (Fsp3) is 0.115. The number of benzene rings is 3. The lowest BCUT2D eigenvalue weighted by Gasteiger charge is -2.14. The monoisotopic (exact) mass is 619 g/mol. The Balaban J connectivity index is 1.47. The van der Waals surface area contributed by atoms with Crippen molar-refractivity contribution in [2.45, 2.75) is 6.54 Å². The molecule has 1 aliphatic rings. The van der Waals surface area contributed by atoms with E-state index in [4.69, 9.17) is 9.47 Å². The minimum Gasteiger partial charge on any atom is -0.493 e. The number of anilines is 1. The highest BCUT2D eigenvalue weighted by Gasteiger charge is 2.34. The molecule has 0 saturated carbocycles. The molecule has 2 N–H and O–H groups in total. The fourth-order valence-electron chi connectivity index (χ4n) is 3.51. The van der Waals surface area contributed by atoms with Gasteiger partial charge in [-0.25, -0.2) is 13.6 Å². The number of hydrogen-bond acceptors (Lipinski definition) is 5. The Hall–Kier alpha value is -4.00. The highest BCUT2D eigenvalue weighted by atomic mass is 127.